The maximum atomic E-state index is 12.2. The highest BCUT2D eigenvalue weighted by atomic mass is 32.2. The van der Waals surface area contributed by atoms with Crippen LogP contribution in [0.5, 0.6) is 0 Å². The van der Waals surface area contributed by atoms with Crippen LogP contribution < -0.4 is 10.5 Å². The van der Waals surface area contributed by atoms with Crippen LogP contribution in [0.2, 0.25) is 0 Å². The summed E-state index contributed by atoms with van der Waals surface area (Å²) in [5, 5.41) is 0. The third-order valence-electron chi connectivity index (χ3n) is 4.42. The van der Waals surface area contributed by atoms with Crippen LogP contribution in [0.4, 0.5) is 0 Å². The molecule has 0 heterocycles. The van der Waals surface area contributed by atoms with Gasteiger partial charge in [-0.25, -0.2) is 4.72 Å². The van der Waals surface area contributed by atoms with Gasteiger partial charge in [0.2, 0.25) is 0 Å². The highest BCUT2D eigenvalue weighted by Gasteiger charge is 2.35. The normalized spacial score (nSPS) is 25.1. The van der Waals surface area contributed by atoms with Crippen LogP contribution in [-0.4, -0.2) is 37.9 Å². The summed E-state index contributed by atoms with van der Waals surface area (Å²) in [6.45, 7) is 0.367. The van der Waals surface area contributed by atoms with E-state index in [4.69, 9.17) is 5.73 Å². The molecule has 0 aromatic carbocycles. The van der Waals surface area contributed by atoms with Gasteiger partial charge in [-0.2, -0.15) is 12.7 Å². The Morgan fingerprint density at radius 2 is 1.83 bits per heavy atom. The molecular weight excluding hydrogens is 250 g/mol. The van der Waals surface area contributed by atoms with Crippen molar-refractivity contribution >= 4 is 10.2 Å². The number of nitrogens with one attached hydrogen (secondary N) is 1. The Balaban J connectivity index is 1.88. The lowest BCUT2D eigenvalue weighted by atomic mass is 9.78. The minimum Gasteiger partial charge on any atom is -0.324 e. The van der Waals surface area contributed by atoms with E-state index in [0.717, 1.165) is 44.9 Å². The van der Waals surface area contributed by atoms with Gasteiger partial charge in [0.05, 0.1) is 0 Å². The second-order valence-electron chi connectivity index (χ2n) is 5.85. The Kier molecular flexibility index (Phi) is 4.31. The zero-order chi connectivity index (χ0) is 13.2. The maximum absolute atomic E-state index is 12.2. The SMILES string of the molecule is CN(C1CCCCC1)S(=O)(=O)NCC1(N)CCC1. The van der Waals surface area contributed by atoms with Crippen LogP contribution in [0.3, 0.4) is 0 Å². The largest absolute Gasteiger partial charge is 0.324 e. The summed E-state index contributed by atoms with van der Waals surface area (Å²) in [6, 6.07) is 0.159. The van der Waals surface area contributed by atoms with Crippen molar-refractivity contribution in [3.8, 4) is 0 Å². The molecule has 0 unspecified atom stereocenters. The molecule has 5 nitrogen and oxygen atoms in total. The molecule has 6 heteroatoms. The molecule has 2 saturated carbocycles. The van der Waals surface area contributed by atoms with E-state index in [1.54, 1.807) is 7.05 Å². The summed E-state index contributed by atoms with van der Waals surface area (Å²) in [5.41, 5.74) is 5.74. The Bertz CT molecular complexity index is 373. The van der Waals surface area contributed by atoms with Crippen LogP contribution >= 0.6 is 0 Å². The van der Waals surface area contributed by atoms with Gasteiger partial charge in [-0.3, -0.25) is 0 Å². The summed E-state index contributed by atoms with van der Waals surface area (Å²) in [4.78, 5) is 0. The van der Waals surface area contributed by atoms with E-state index < -0.39 is 10.2 Å². The lowest BCUT2D eigenvalue weighted by Crippen LogP contribution is -2.57. The second kappa shape index (κ2) is 5.45. The number of rotatable bonds is 5. The molecule has 0 aliphatic heterocycles. The first kappa shape index (κ1) is 14.2. The summed E-state index contributed by atoms with van der Waals surface area (Å²) in [5.74, 6) is 0. The van der Waals surface area contributed by atoms with Crippen LogP contribution in [-0.2, 0) is 10.2 Å². The van der Waals surface area contributed by atoms with Gasteiger partial charge in [-0.1, -0.05) is 19.3 Å². The van der Waals surface area contributed by atoms with Crippen molar-refractivity contribution in [1.82, 2.24) is 9.03 Å². The van der Waals surface area contributed by atoms with Crippen LogP contribution in [0.1, 0.15) is 51.4 Å². The molecule has 3 N–H and O–H groups in total. The van der Waals surface area contributed by atoms with E-state index >= 15 is 0 Å². The predicted molar refractivity (Wildman–Crippen MR) is 72.3 cm³/mol. The fourth-order valence-electron chi connectivity index (χ4n) is 2.79. The molecule has 0 saturated heterocycles. The van der Waals surface area contributed by atoms with Gasteiger partial charge in [0.25, 0.3) is 10.2 Å². The zero-order valence-corrected chi connectivity index (χ0v) is 12.0. The molecule has 0 bridgehead atoms. The van der Waals surface area contributed by atoms with Gasteiger partial charge in [-0.05, 0) is 32.1 Å². The van der Waals surface area contributed by atoms with Gasteiger partial charge >= 0.3 is 0 Å². The Morgan fingerprint density at radius 1 is 1.22 bits per heavy atom. The number of hydrogen-bond acceptors (Lipinski definition) is 3. The van der Waals surface area contributed by atoms with Crippen molar-refractivity contribution in [3.63, 3.8) is 0 Å². The Hall–Kier alpha value is -0.170. The summed E-state index contributed by atoms with van der Waals surface area (Å²) in [6.07, 6.45) is 8.39. The third-order valence-corrected chi connectivity index (χ3v) is 5.99. The van der Waals surface area contributed by atoms with Crippen molar-refractivity contribution in [2.45, 2.75) is 62.9 Å². The molecule has 0 amide bonds. The Labute approximate surface area is 110 Å². The van der Waals surface area contributed by atoms with Crippen LogP contribution in [0.25, 0.3) is 0 Å². The topological polar surface area (TPSA) is 75.4 Å². The molecule has 2 rings (SSSR count). The molecule has 0 aromatic heterocycles. The summed E-state index contributed by atoms with van der Waals surface area (Å²) in [7, 11) is -1.68. The van der Waals surface area contributed by atoms with Crippen molar-refractivity contribution in [2.24, 2.45) is 5.73 Å². The number of nitrogens with two attached hydrogens (primary N) is 1. The minimum atomic E-state index is -3.37. The summed E-state index contributed by atoms with van der Waals surface area (Å²) >= 11 is 0. The van der Waals surface area contributed by atoms with Crippen molar-refractivity contribution in [2.75, 3.05) is 13.6 Å². The van der Waals surface area contributed by atoms with E-state index in [-0.39, 0.29) is 11.6 Å². The first-order chi connectivity index (χ1) is 8.43. The molecule has 18 heavy (non-hydrogen) atoms. The summed E-state index contributed by atoms with van der Waals surface area (Å²) < 4.78 is 28.5. The number of hydrogen-bond donors (Lipinski definition) is 2. The van der Waals surface area contributed by atoms with Gasteiger partial charge in [0, 0.05) is 25.2 Å². The monoisotopic (exact) mass is 275 g/mol. The Morgan fingerprint density at radius 3 is 2.33 bits per heavy atom. The standard InChI is InChI=1S/C12H25N3O2S/c1-15(11-6-3-2-4-7-11)18(16,17)14-10-12(13)8-5-9-12/h11,14H,2-10,13H2,1H3. The molecular formula is C12H25N3O2S. The fourth-order valence-corrected chi connectivity index (χ4v) is 4.06. The predicted octanol–water partition coefficient (Wildman–Crippen LogP) is 0.967. The molecule has 0 aromatic rings. The molecule has 2 aliphatic rings. The second-order valence-corrected chi connectivity index (χ2v) is 7.66. The minimum absolute atomic E-state index is 0.159. The number of nitrogens with zero attached hydrogens (tertiary/aromatic N) is 1. The molecule has 2 fully saturated rings. The third kappa shape index (κ3) is 3.23. The van der Waals surface area contributed by atoms with Crippen molar-refractivity contribution < 1.29 is 8.42 Å². The van der Waals surface area contributed by atoms with E-state index in [1.807, 2.05) is 0 Å². The van der Waals surface area contributed by atoms with E-state index in [0.29, 0.717) is 6.54 Å². The van der Waals surface area contributed by atoms with E-state index in [2.05, 4.69) is 4.72 Å². The lowest BCUT2D eigenvalue weighted by molar-refractivity contribution is 0.244. The van der Waals surface area contributed by atoms with E-state index in [1.165, 1.54) is 10.7 Å². The van der Waals surface area contributed by atoms with Crippen LogP contribution in [0.15, 0.2) is 0 Å². The van der Waals surface area contributed by atoms with Gasteiger partial charge in [0.1, 0.15) is 0 Å². The van der Waals surface area contributed by atoms with Crippen LogP contribution in [0, 0.1) is 0 Å². The molecule has 0 spiro atoms. The quantitative estimate of drug-likeness (QED) is 0.785. The van der Waals surface area contributed by atoms with Crippen molar-refractivity contribution in [1.29, 1.82) is 0 Å². The average Bonchev–Trinajstić information content (AvgIpc) is 2.34. The zero-order valence-electron chi connectivity index (χ0n) is 11.2. The molecule has 2 aliphatic carbocycles. The maximum Gasteiger partial charge on any atom is 0.279 e. The molecule has 0 radical (unpaired) electrons. The van der Waals surface area contributed by atoms with Gasteiger partial charge < -0.3 is 5.73 Å². The average molecular weight is 275 g/mol. The lowest BCUT2D eigenvalue weighted by Gasteiger charge is -2.39. The molecule has 106 valence electrons. The fraction of sp³-hybridized carbons (Fsp3) is 1.00. The molecule has 0 atom stereocenters. The van der Waals surface area contributed by atoms with Crippen molar-refractivity contribution in [3.05, 3.63) is 0 Å². The first-order valence-electron chi connectivity index (χ1n) is 6.94. The first-order valence-corrected chi connectivity index (χ1v) is 8.38. The van der Waals surface area contributed by atoms with Gasteiger partial charge in [-0.15, -0.1) is 0 Å². The van der Waals surface area contributed by atoms with E-state index in [9.17, 15) is 8.42 Å². The van der Waals surface area contributed by atoms with Gasteiger partial charge in [0.15, 0.2) is 0 Å². The smallest absolute Gasteiger partial charge is 0.279 e. The highest BCUT2D eigenvalue weighted by Crippen LogP contribution is 2.28. The highest BCUT2D eigenvalue weighted by molar-refractivity contribution is 7.87.